The van der Waals surface area contributed by atoms with Gasteiger partial charge in [0.1, 0.15) is 0 Å². The van der Waals surface area contributed by atoms with Crippen molar-refractivity contribution in [1.82, 2.24) is 9.88 Å². The van der Waals surface area contributed by atoms with Crippen molar-refractivity contribution in [3.8, 4) is 0 Å². The molecule has 1 N–H and O–H groups in total. The first-order valence-electron chi connectivity index (χ1n) is 10.5. The van der Waals surface area contributed by atoms with Crippen molar-refractivity contribution in [2.24, 2.45) is 5.92 Å². The Hall–Kier alpha value is -2.19. The summed E-state index contributed by atoms with van der Waals surface area (Å²) < 4.78 is 6.47. The molecule has 1 unspecified atom stereocenters. The van der Waals surface area contributed by atoms with Crippen LogP contribution < -0.4 is 10.2 Å². The van der Waals surface area contributed by atoms with E-state index in [4.69, 9.17) is 9.72 Å². The third-order valence-electron chi connectivity index (χ3n) is 6.22. The first-order chi connectivity index (χ1) is 14.2. The van der Waals surface area contributed by atoms with Crippen molar-refractivity contribution < 1.29 is 14.3 Å². The van der Waals surface area contributed by atoms with Gasteiger partial charge in [-0.05, 0) is 31.0 Å². The van der Waals surface area contributed by atoms with Crippen LogP contribution in [0.2, 0.25) is 0 Å². The molecule has 1 atom stereocenters. The predicted molar refractivity (Wildman–Crippen MR) is 113 cm³/mol. The zero-order valence-corrected chi connectivity index (χ0v) is 17.2. The number of anilines is 2. The number of hydrogen-bond acceptors (Lipinski definition) is 6. The number of carbonyl (C=O) groups excluding carboxylic acids is 2. The lowest BCUT2D eigenvalue weighted by atomic mass is 10.1. The monoisotopic (exact) mass is 414 g/mol. The Bertz CT molecular complexity index is 918. The minimum Gasteiger partial charge on any atom is -0.378 e. The largest absolute Gasteiger partial charge is 0.378 e. The maximum atomic E-state index is 12.8. The van der Waals surface area contributed by atoms with E-state index in [-0.39, 0.29) is 17.7 Å². The van der Waals surface area contributed by atoms with Crippen molar-refractivity contribution in [3.63, 3.8) is 0 Å². The number of amides is 2. The fourth-order valence-corrected chi connectivity index (χ4v) is 5.66. The first kappa shape index (κ1) is 18.8. The molecule has 0 bridgehead atoms. The number of hydrogen-bond donors (Lipinski definition) is 1. The van der Waals surface area contributed by atoms with E-state index in [2.05, 4.69) is 10.2 Å². The molecule has 2 aliphatic heterocycles. The number of fused-ring (bicyclic) bond motifs is 1. The SMILES string of the molecule is O=C(Nc1ccc2nc(N3CCOCC3)sc2c1)C1CC(=O)N(C2CCCC2)C1. The highest BCUT2D eigenvalue weighted by atomic mass is 32.1. The van der Waals surface area contributed by atoms with Crippen LogP contribution in [0.5, 0.6) is 0 Å². The predicted octanol–water partition coefficient (Wildman–Crippen LogP) is 2.86. The smallest absolute Gasteiger partial charge is 0.229 e. The molecule has 3 aliphatic rings. The highest BCUT2D eigenvalue weighted by Gasteiger charge is 2.38. The molecule has 2 amide bonds. The second-order valence-electron chi connectivity index (χ2n) is 8.15. The number of morpholine rings is 1. The standard InChI is InChI=1S/C21H26N4O3S/c26-19-11-14(13-25(19)16-3-1-2-4-16)20(27)22-15-5-6-17-18(12-15)29-21(23-17)24-7-9-28-10-8-24/h5-6,12,14,16H,1-4,7-11,13H2,(H,22,27). The van der Waals surface area contributed by atoms with Crippen LogP contribution in [0.1, 0.15) is 32.1 Å². The van der Waals surface area contributed by atoms with E-state index in [9.17, 15) is 9.59 Å². The molecule has 1 saturated carbocycles. The minimum atomic E-state index is -0.260. The molecule has 8 heteroatoms. The number of benzene rings is 1. The van der Waals surface area contributed by atoms with E-state index in [1.165, 1.54) is 12.8 Å². The van der Waals surface area contributed by atoms with Crippen LogP contribution in [-0.4, -0.2) is 60.6 Å². The van der Waals surface area contributed by atoms with Crippen molar-refractivity contribution in [1.29, 1.82) is 0 Å². The molecular weight excluding hydrogens is 388 g/mol. The molecule has 0 spiro atoms. The van der Waals surface area contributed by atoms with Gasteiger partial charge in [0.2, 0.25) is 11.8 Å². The second-order valence-corrected chi connectivity index (χ2v) is 9.16. The molecule has 1 aliphatic carbocycles. The van der Waals surface area contributed by atoms with E-state index in [0.29, 0.717) is 19.0 Å². The van der Waals surface area contributed by atoms with E-state index < -0.39 is 0 Å². The van der Waals surface area contributed by atoms with E-state index >= 15 is 0 Å². The van der Waals surface area contributed by atoms with E-state index in [0.717, 1.165) is 60.2 Å². The average Bonchev–Trinajstić information content (AvgIpc) is 3.47. The third kappa shape index (κ3) is 3.83. The third-order valence-corrected chi connectivity index (χ3v) is 7.30. The van der Waals surface area contributed by atoms with Gasteiger partial charge in [0, 0.05) is 37.8 Å². The number of likely N-dealkylation sites (tertiary alicyclic amines) is 1. The number of aromatic nitrogens is 1. The van der Waals surface area contributed by atoms with E-state index in [1.807, 2.05) is 23.1 Å². The van der Waals surface area contributed by atoms with Crippen LogP contribution in [0.3, 0.4) is 0 Å². The normalized spacial score (nSPS) is 23.3. The molecule has 29 heavy (non-hydrogen) atoms. The lowest BCUT2D eigenvalue weighted by Gasteiger charge is -2.25. The Morgan fingerprint density at radius 3 is 2.79 bits per heavy atom. The quantitative estimate of drug-likeness (QED) is 0.833. The molecule has 1 aromatic carbocycles. The van der Waals surface area contributed by atoms with Gasteiger partial charge in [0.15, 0.2) is 5.13 Å². The van der Waals surface area contributed by atoms with Gasteiger partial charge in [0.05, 0.1) is 29.3 Å². The Morgan fingerprint density at radius 2 is 2.00 bits per heavy atom. The summed E-state index contributed by atoms with van der Waals surface area (Å²) in [7, 11) is 0. The first-order valence-corrected chi connectivity index (χ1v) is 11.3. The van der Waals surface area contributed by atoms with Gasteiger partial charge < -0.3 is 19.9 Å². The van der Waals surface area contributed by atoms with Gasteiger partial charge in [-0.15, -0.1) is 0 Å². The highest BCUT2D eigenvalue weighted by Crippen LogP contribution is 2.32. The number of rotatable bonds is 4. The molecule has 154 valence electrons. The Labute approximate surface area is 174 Å². The number of nitrogens with one attached hydrogen (secondary N) is 1. The maximum absolute atomic E-state index is 12.8. The minimum absolute atomic E-state index is 0.0592. The summed E-state index contributed by atoms with van der Waals surface area (Å²) in [4.78, 5) is 34.1. The van der Waals surface area contributed by atoms with Crippen molar-refractivity contribution in [3.05, 3.63) is 18.2 Å². The molecule has 2 saturated heterocycles. The van der Waals surface area contributed by atoms with Gasteiger partial charge in [-0.25, -0.2) is 4.98 Å². The summed E-state index contributed by atoms with van der Waals surface area (Å²) in [5.74, 6) is -0.189. The summed E-state index contributed by atoms with van der Waals surface area (Å²) in [6, 6.07) is 6.18. The molecule has 0 radical (unpaired) electrons. The number of carbonyl (C=O) groups is 2. The van der Waals surface area contributed by atoms with Crippen molar-refractivity contribution in [2.45, 2.75) is 38.1 Å². The molecule has 3 fully saturated rings. The van der Waals surface area contributed by atoms with Crippen molar-refractivity contribution in [2.75, 3.05) is 43.1 Å². The van der Waals surface area contributed by atoms with Gasteiger partial charge in [-0.1, -0.05) is 24.2 Å². The average molecular weight is 415 g/mol. The topological polar surface area (TPSA) is 74.8 Å². The Morgan fingerprint density at radius 1 is 1.21 bits per heavy atom. The van der Waals surface area contributed by atoms with Crippen LogP contribution in [0.25, 0.3) is 10.2 Å². The molecule has 3 heterocycles. The van der Waals surface area contributed by atoms with Crippen LogP contribution >= 0.6 is 11.3 Å². The Kier molecular flexibility index (Phi) is 5.13. The molecule has 5 rings (SSSR count). The zero-order valence-electron chi connectivity index (χ0n) is 16.4. The van der Waals surface area contributed by atoms with Gasteiger partial charge in [-0.2, -0.15) is 0 Å². The van der Waals surface area contributed by atoms with Gasteiger partial charge in [-0.3, -0.25) is 9.59 Å². The summed E-state index contributed by atoms with van der Waals surface area (Å²) in [6.45, 7) is 3.73. The second kappa shape index (κ2) is 7.91. The summed E-state index contributed by atoms with van der Waals surface area (Å²) >= 11 is 1.64. The van der Waals surface area contributed by atoms with Gasteiger partial charge >= 0.3 is 0 Å². The summed E-state index contributed by atoms with van der Waals surface area (Å²) in [5.41, 5.74) is 1.71. The van der Waals surface area contributed by atoms with Crippen LogP contribution in [0, 0.1) is 5.92 Å². The maximum Gasteiger partial charge on any atom is 0.229 e. The molecular formula is C21H26N4O3S. The zero-order chi connectivity index (χ0) is 19.8. The number of ether oxygens (including phenoxy) is 1. The fourth-order valence-electron chi connectivity index (χ4n) is 4.60. The van der Waals surface area contributed by atoms with Gasteiger partial charge in [0.25, 0.3) is 0 Å². The number of thiazole rings is 1. The Balaban J connectivity index is 1.26. The lowest BCUT2D eigenvalue weighted by Crippen LogP contribution is -2.36. The number of nitrogens with zero attached hydrogens (tertiary/aromatic N) is 3. The highest BCUT2D eigenvalue weighted by molar-refractivity contribution is 7.22. The van der Waals surface area contributed by atoms with E-state index in [1.54, 1.807) is 11.3 Å². The van der Waals surface area contributed by atoms with Crippen LogP contribution in [-0.2, 0) is 14.3 Å². The summed E-state index contributed by atoms with van der Waals surface area (Å²) in [5, 5.41) is 4.02. The fraction of sp³-hybridized carbons (Fsp3) is 0.571. The van der Waals surface area contributed by atoms with Crippen LogP contribution in [0.4, 0.5) is 10.8 Å². The summed E-state index contributed by atoms with van der Waals surface area (Å²) in [6.07, 6.45) is 4.85. The lowest BCUT2D eigenvalue weighted by molar-refractivity contribution is -0.129. The van der Waals surface area contributed by atoms with Crippen molar-refractivity contribution >= 4 is 44.2 Å². The molecule has 2 aromatic rings. The van der Waals surface area contributed by atoms with Crippen LogP contribution in [0.15, 0.2) is 18.2 Å². The molecule has 1 aromatic heterocycles. The molecule has 7 nitrogen and oxygen atoms in total.